The van der Waals surface area contributed by atoms with E-state index in [0.29, 0.717) is 0 Å². The fraction of sp³-hybridized carbons (Fsp3) is 0.167. The van der Waals surface area contributed by atoms with Gasteiger partial charge in [0.2, 0.25) is 14.2 Å². The maximum atomic E-state index is 12.3. The second kappa shape index (κ2) is 4.66. The Morgan fingerprint density at radius 1 is 1.32 bits per heavy atom. The van der Waals surface area contributed by atoms with Crippen molar-refractivity contribution in [3.05, 3.63) is 40.3 Å². The Labute approximate surface area is 118 Å². The number of benzene rings is 1. The van der Waals surface area contributed by atoms with Crippen LogP contribution in [0.4, 0.5) is 0 Å². The minimum atomic E-state index is -3.38. The van der Waals surface area contributed by atoms with Gasteiger partial charge in [-0.2, -0.15) is 0 Å². The fourth-order valence-electron chi connectivity index (χ4n) is 1.71. The maximum Gasteiger partial charge on any atom is 0.210 e. The lowest BCUT2D eigenvalue weighted by molar-refractivity contribution is 0.595. The summed E-state index contributed by atoms with van der Waals surface area (Å²) in [5.74, 6) is -0.0313. The number of aromatic nitrogens is 2. The first-order valence-corrected chi connectivity index (χ1v) is 8.87. The summed E-state index contributed by atoms with van der Waals surface area (Å²) >= 11 is 2.56. The number of aryl methyl sites for hydroxylation is 1. The molecule has 0 aliphatic heterocycles. The Kier molecular flexibility index (Phi) is 3.12. The molecule has 0 bridgehead atoms. The standard InChI is InChI=1S/C12H10N2O2S3/c1-8-2-3-11-10(4-8)14-12(18-11)19(15,16)6-9-5-13-7-17-9/h2-5,7H,6H2,1H3. The number of rotatable bonds is 3. The normalized spacial score (nSPS) is 12.1. The van der Waals surface area contributed by atoms with Crippen LogP contribution in [0.1, 0.15) is 10.4 Å². The van der Waals surface area contributed by atoms with Crippen LogP contribution in [-0.2, 0) is 15.6 Å². The van der Waals surface area contributed by atoms with Gasteiger partial charge in [0.05, 0.1) is 21.5 Å². The molecule has 0 unspecified atom stereocenters. The minimum Gasteiger partial charge on any atom is -0.253 e. The molecule has 2 heterocycles. The van der Waals surface area contributed by atoms with Gasteiger partial charge in [0.15, 0.2) is 0 Å². The molecule has 0 amide bonds. The highest BCUT2D eigenvalue weighted by atomic mass is 32.2. The van der Waals surface area contributed by atoms with Gasteiger partial charge >= 0.3 is 0 Å². The summed E-state index contributed by atoms with van der Waals surface area (Å²) < 4.78 is 25.6. The molecule has 3 aromatic rings. The van der Waals surface area contributed by atoms with Crippen molar-refractivity contribution in [2.75, 3.05) is 0 Å². The van der Waals surface area contributed by atoms with Gasteiger partial charge in [-0.25, -0.2) is 13.4 Å². The maximum absolute atomic E-state index is 12.3. The number of hydrogen-bond acceptors (Lipinski definition) is 6. The van der Waals surface area contributed by atoms with Crippen molar-refractivity contribution < 1.29 is 8.42 Å². The smallest absolute Gasteiger partial charge is 0.210 e. The summed E-state index contributed by atoms with van der Waals surface area (Å²) in [6.07, 6.45) is 1.58. The Balaban J connectivity index is 2.03. The molecule has 98 valence electrons. The highest BCUT2D eigenvalue weighted by Gasteiger charge is 2.21. The predicted octanol–water partition coefficient (Wildman–Crippen LogP) is 3.04. The van der Waals surface area contributed by atoms with Crippen molar-refractivity contribution in [1.82, 2.24) is 9.97 Å². The van der Waals surface area contributed by atoms with Gasteiger partial charge in [0, 0.05) is 11.1 Å². The monoisotopic (exact) mass is 310 g/mol. The lowest BCUT2D eigenvalue weighted by Gasteiger charge is -1.96. The molecule has 1 aromatic carbocycles. The van der Waals surface area contributed by atoms with E-state index in [0.717, 1.165) is 20.7 Å². The third kappa shape index (κ3) is 2.54. The summed E-state index contributed by atoms with van der Waals surface area (Å²) in [5.41, 5.74) is 3.45. The van der Waals surface area contributed by atoms with Crippen molar-refractivity contribution >= 4 is 42.7 Å². The summed E-state index contributed by atoms with van der Waals surface area (Å²) in [6, 6.07) is 5.77. The van der Waals surface area contributed by atoms with Gasteiger partial charge in [-0.3, -0.25) is 4.98 Å². The van der Waals surface area contributed by atoms with E-state index < -0.39 is 9.84 Å². The highest BCUT2D eigenvalue weighted by molar-refractivity contribution is 7.92. The molecule has 0 radical (unpaired) electrons. The SMILES string of the molecule is Cc1ccc2sc(S(=O)(=O)Cc3cncs3)nc2c1. The molecular formula is C12H10N2O2S3. The number of thiazole rings is 2. The molecule has 19 heavy (non-hydrogen) atoms. The Bertz CT molecular complexity index is 820. The van der Waals surface area contributed by atoms with Crippen LogP contribution in [0, 0.1) is 6.92 Å². The van der Waals surface area contributed by atoms with E-state index in [2.05, 4.69) is 9.97 Å². The minimum absolute atomic E-state index is 0.0313. The van der Waals surface area contributed by atoms with Gasteiger partial charge in [0.1, 0.15) is 0 Å². The zero-order valence-electron chi connectivity index (χ0n) is 10.0. The highest BCUT2D eigenvalue weighted by Crippen LogP contribution is 2.28. The molecule has 3 rings (SSSR count). The zero-order chi connectivity index (χ0) is 13.5. The fourth-order valence-corrected chi connectivity index (χ4v) is 5.27. The molecule has 0 spiro atoms. The number of fused-ring (bicyclic) bond motifs is 1. The van der Waals surface area contributed by atoms with Crippen LogP contribution in [-0.4, -0.2) is 18.4 Å². The Morgan fingerprint density at radius 3 is 2.89 bits per heavy atom. The molecular weight excluding hydrogens is 300 g/mol. The molecule has 0 saturated heterocycles. The van der Waals surface area contributed by atoms with E-state index in [9.17, 15) is 8.42 Å². The Morgan fingerprint density at radius 2 is 2.16 bits per heavy atom. The third-order valence-electron chi connectivity index (χ3n) is 2.61. The van der Waals surface area contributed by atoms with Crippen LogP contribution in [0.3, 0.4) is 0 Å². The third-order valence-corrected chi connectivity index (χ3v) is 6.72. The first kappa shape index (κ1) is 12.7. The van der Waals surface area contributed by atoms with Gasteiger partial charge in [-0.1, -0.05) is 6.07 Å². The molecule has 0 saturated carbocycles. The average Bonchev–Trinajstić information content (AvgIpc) is 2.96. The van der Waals surface area contributed by atoms with Gasteiger partial charge in [0.25, 0.3) is 0 Å². The largest absolute Gasteiger partial charge is 0.253 e. The first-order chi connectivity index (χ1) is 9.04. The summed E-state index contributed by atoms with van der Waals surface area (Å²) in [7, 11) is -3.38. The van der Waals surface area contributed by atoms with Gasteiger partial charge in [-0.05, 0) is 24.6 Å². The van der Waals surface area contributed by atoms with E-state index in [1.54, 1.807) is 11.7 Å². The van der Waals surface area contributed by atoms with Crippen molar-refractivity contribution in [1.29, 1.82) is 0 Å². The second-order valence-corrected chi connectivity index (χ2v) is 8.34. The molecule has 4 nitrogen and oxygen atoms in total. The van der Waals surface area contributed by atoms with Crippen molar-refractivity contribution in [2.45, 2.75) is 17.0 Å². The van der Waals surface area contributed by atoms with Crippen LogP contribution >= 0.6 is 22.7 Å². The molecule has 2 aromatic heterocycles. The molecule has 0 fully saturated rings. The van der Waals surface area contributed by atoms with E-state index in [1.165, 1.54) is 22.7 Å². The quantitative estimate of drug-likeness (QED) is 0.746. The summed E-state index contributed by atoms with van der Waals surface area (Å²) in [5, 5.41) is 0. The van der Waals surface area contributed by atoms with Gasteiger partial charge in [-0.15, -0.1) is 22.7 Å². The number of sulfone groups is 1. The molecule has 0 atom stereocenters. The number of hydrogen-bond donors (Lipinski definition) is 0. The van der Waals surface area contributed by atoms with Crippen molar-refractivity contribution in [3.63, 3.8) is 0 Å². The van der Waals surface area contributed by atoms with Crippen molar-refractivity contribution in [2.24, 2.45) is 0 Å². The van der Waals surface area contributed by atoms with E-state index in [4.69, 9.17) is 0 Å². The average molecular weight is 310 g/mol. The predicted molar refractivity (Wildman–Crippen MR) is 77.4 cm³/mol. The molecule has 7 heteroatoms. The van der Waals surface area contributed by atoms with E-state index >= 15 is 0 Å². The lowest BCUT2D eigenvalue weighted by Crippen LogP contribution is -2.03. The van der Waals surface area contributed by atoms with Crippen LogP contribution in [0.5, 0.6) is 0 Å². The lowest BCUT2D eigenvalue weighted by atomic mass is 10.2. The van der Waals surface area contributed by atoms with Crippen molar-refractivity contribution in [3.8, 4) is 0 Å². The Hall–Kier alpha value is -1.31. The topological polar surface area (TPSA) is 59.9 Å². The summed E-state index contributed by atoms with van der Waals surface area (Å²) in [4.78, 5) is 8.86. The van der Waals surface area contributed by atoms with Crippen LogP contribution in [0.2, 0.25) is 0 Å². The molecule has 0 aliphatic carbocycles. The zero-order valence-corrected chi connectivity index (χ0v) is 12.5. The van der Waals surface area contributed by atoms with Crippen LogP contribution in [0.25, 0.3) is 10.2 Å². The molecule has 0 N–H and O–H groups in total. The molecule has 0 aliphatic rings. The van der Waals surface area contributed by atoms with Crippen LogP contribution in [0.15, 0.2) is 34.2 Å². The summed E-state index contributed by atoms with van der Waals surface area (Å²) in [6.45, 7) is 1.96. The first-order valence-electron chi connectivity index (χ1n) is 5.52. The van der Waals surface area contributed by atoms with Gasteiger partial charge < -0.3 is 0 Å². The van der Waals surface area contributed by atoms with E-state index in [1.807, 2.05) is 25.1 Å². The van der Waals surface area contributed by atoms with Crippen LogP contribution < -0.4 is 0 Å². The van der Waals surface area contributed by atoms with E-state index in [-0.39, 0.29) is 10.1 Å². The second-order valence-electron chi connectivity index (χ2n) is 4.18. The number of nitrogens with zero attached hydrogens (tertiary/aromatic N) is 2.